The van der Waals surface area contributed by atoms with Gasteiger partial charge in [-0.05, 0) is 6.92 Å². The van der Waals surface area contributed by atoms with Gasteiger partial charge in [0.25, 0.3) is 5.91 Å². The third kappa shape index (κ3) is 2.82. The standard InChI is InChI=1S/C10H14N2O4/c1-5(2)8-4-7(12-16-8)9(13)11-6(3)10(14)15/h4-6H,1-3H3,(H,11,13)(H,14,15)/t6-/m1/s1. The van der Waals surface area contributed by atoms with E-state index in [0.717, 1.165) is 0 Å². The van der Waals surface area contributed by atoms with E-state index in [4.69, 9.17) is 9.63 Å². The molecular formula is C10H14N2O4. The number of carbonyl (C=O) groups excluding carboxylic acids is 1. The van der Waals surface area contributed by atoms with E-state index in [2.05, 4.69) is 10.5 Å². The summed E-state index contributed by atoms with van der Waals surface area (Å²) in [7, 11) is 0. The van der Waals surface area contributed by atoms with Crippen LogP contribution in [-0.2, 0) is 4.79 Å². The number of aromatic nitrogens is 1. The van der Waals surface area contributed by atoms with Gasteiger partial charge in [0.05, 0.1) is 0 Å². The number of nitrogens with one attached hydrogen (secondary N) is 1. The molecule has 1 rings (SSSR count). The van der Waals surface area contributed by atoms with Crippen molar-refractivity contribution < 1.29 is 19.2 Å². The maximum absolute atomic E-state index is 11.5. The summed E-state index contributed by atoms with van der Waals surface area (Å²) in [6.07, 6.45) is 0. The molecule has 0 aromatic carbocycles. The summed E-state index contributed by atoms with van der Waals surface area (Å²) in [5, 5.41) is 14.5. The van der Waals surface area contributed by atoms with Crippen molar-refractivity contribution in [2.45, 2.75) is 32.7 Å². The number of carboxylic acids is 1. The van der Waals surface area contributed by atoms with E-state index in [-0.39, 0.29) is 11.6 Å². The first-order chi connectivity index (χ1) is 7.41. The summed E-state index contributed by atoms with van der Waals surface area (Å²) in [5.74, 6) is -0.925. The van der Waals surface area contributed by atoms with E-state index in [0.29, 0.717) is 5.76 Å². The molecule has 0 radical (unpaired) electrons. The molecule has 0 unspecified atom stereocenters. The molecule has 0 aliphatic carbocycles. The van der Waals surface area contributed by atoms with Crippen molar-refractivity contribution in [1.29, 1.82) is 0 Å². The predicted octanol–water partition coefficient (Wildman–Crippen LogP) is 1.00. The lowest BCUT2D eigenvalue weighted by atomic mass is 10.1. The van der Waals surface area contributed by atoms with Gasteiger partial charge in [-0.1, -0.05) is 19.0 Å². The maximum atomic E-state index is 11.5. The van der Waals surface area contributed by atoms with E-state index in [1.165, 1.54) is 13.0 Å². The van der Waals surface area contributed by atoms with Gasteiger partial charge in [0.2, 0.25) is 0 Å². The third-order valence-corrected chi connectivity index (χ3v) is 2.05. The number of nitrogens with zero attached hydrogens (tertiary/aromatic N) is 1. The lowest BCUT2D eigenvalue weighted by molar-refractivity contribution is -0.138. The fraction of sp³-hybridized carbons (Fsp3) is 0.500. The number of hydrogen-bond donors (Lipinski definition) is 2. The van der Waals surface area contributed by atoms with E-state index in [9.17, 15) is 9.59 Å². The first kappa shape index (κ1) is 12.2. The molecule has 16 heavy (non-hydrogen) atoms. The Morgan fingerprint density at radius 1 is 1.44 bits per heavy atom. The molecular weight excluding hydrogens is 212 g/mol. The minimum absolute atomic E-state index is 0.0943. The van der Waals surface area contributed by atoms with Gasteiger partial charge < -0.3 is 14.9 Å². The summed E-state index contributed by atoms with van der Waals surface area (Å²) >= 11 is 0. The molecule has 1 heterocycles. The van der Waals surface area contributed by atoms with Crippen LogP contribution in [0.25, 0.3) is 0 Å². The quantitative estimate of drug-likeness (QED) is 0.799. The van der Waals surface area contributed by atoms with Crippen LogP contribution in [0.15, 0.2) is 10.6 Å². The van der Waals surface area contributed by atoms with Crippen LogP contribution in [0.3, 0.4) is 0 Å². The van der Waals surface area contributed by atoms with Gasteiger partial charge in [-0.25, -0.2) is 0 Å². The van der Waals surface area contributed by atoms with Crippen LogP contribution in [0.1, 0.15) is 42.9 Å². The van der Waals surface area contributed by atoms with Crippen LogP contribution < -0.4 is 5.32 Å². The highest BCUT2D eigenvalue weighted by molar-refractivity contribution is 5.94. The number of carboxylic acid groups (broad SMARTS) is 1. The third-order valence-electron chi connectivity index (χ3n) is 2.05. The molecule has 0 aliphatic heterocycles. The first-order valence-electron chi connectivity index (χ1n) is 4.92. The lowest BCUT2D eigenvalue weighted by Gasteiger charge is -2.06. The van der Waals surface area contributed by atoms with Crippen LogP contribution in [0.2, 0.25) is 0 Å². The highest BCUT2D eigenvalue weighted by atomic mass is 16.5. The summed E-state index contributed by atoms with van der Waals surface area (Å²) in [4.78, 5) is 22.0. The number of amides is 1. The summed E-state index contributed by atoms with van der Waals surface area (Å²) in [5.41, 5.74) is 0.0943. The molecule has 0 spiro atoms. The smallest absolute Gasteiger partial charge is 0.325 e. The Hall–Kier alpha value is -1.85. The number of rotatable bonds is 4. The van der Waals surface area contributed by atoms with Crippen molar-refractivity contribution in [3.63, 3.8) is 0 Å². The van der Waals surface area contributed by atoms with Crippen molar-refractivity contribution in [3.8, 4) is 0 Å². The van der Waals surface area contributed by atoms with Gasteiger partial charge in [-0.2, -0.15) is 0 Å². The molecule has 2 N–H and O–H groups in total. The SMILES string of the molecule is CC(C)c1cc(C(=O)N[C@H](C)C(=O)O)no1. The largest absolute Gasteiger partial charge is 0.480 e. The minimum Gasteiger partial charge on any atom is -0.480 e. The fourth-order valence-electron chi connectivity index (χ4n) is 1.00. The molecule has 88 valence electrons. The van der Waals surface area contributed by atoms with Crippen LogP contribution in [0.5, 0.6) is 0 Å². The van der Waals surface area contributed by atoms with E-state index in [1.54, 1.807) is 0 Å². The van der Waals surface area contributed by atoms with Gasteiger partial charge in [0.15, 0.2) is 5.69 Å². The molecule has 1 amide bonds. The molecule has 0 aliphatic rings. The first-order valence-corrected chi connectivity index (χ1v) is 4.92. The number of carbonyl (C=O) groups is 2. The molecule has 6 heteroatoms. The minimum atomic E-state index is -1.10. The van der Waals surface area contributed by atoms with E-state index >= 15 is 0 Å². The Kier molecular flexibility index (Phi) is 3.65. The van der Waals surface area contributed by atoms with E-state index < -0.39 is 17.9 Å². The van der Waals surface area contributed by atoms with Crippen LogP contribution >= 0.6 is 0 Å². The Morgan fingerprint density at radius 3 is 2.50 bits per heavy atom. The molecule has 1 aromatic heterocycles. The highest BCUT2D eigenvalue weighted by Gasteiger charge is 2.19. The monoisotopic (exact) mass is 226 g/mol. The van der Waals surface area contributed by atoms with Crippen LogP contribution in [-0.4, -0.2) is 28.2 Å². The molecule has 1 aromatic rings. The summed E-state index contributed by atoms with van der Waals surface area (Å²) < 4.78 is 4.93. The van der Waals surface area contributed by atoms with Gasteiger partial charge in [-0.3, -0.25) is 9.59 Å². The Labute approximate surface area is 92.6 Å². The molecule has 0 bridgehead atoms. The Bertz CT molecular complexity index is 397. The second-order valence-corrected chi connectivity index (χ2v) is 3.80. The number of aliphatic carboxylic acids is 1. The lowest BCUT2D eigenvalue weighted by Crippen LogP contribution is -2.38. The molecule has 0 fully saturated rings. The van der Waals surface area contributed by atoms with Crippen molar-refractivity contribution in [2.24, 2.45) is 0 Å². The number of hydrogen-bond acceptors (Lipinski definition) is 4. The highest BCUT2D eigenvalue weighted by Crippen LogP contribution is 2.14. The average Bonchev–Trinajstić information content (AvgIpc) is 2.65. The molecule has 1 atom stereocenters. The van der Waals surface area contributed by atoms with Gasteiger partial charge in [0.1, 0.15) is 11.8 Å². The van der Waals surface area contributed by atoms with Crippen molar-refractivity contribution in [2.75, 3.05) is 0 Å². The van der Waals surface area contributed by atoms with Crippen LogP contribution in [0, 0.1) is 0 Å². The van der Waals surface area contributed by atoms with E-state index in [1.807, 2.05) is 13.8 Å². The molecule has 0 saturated heterocycles. The second-order valence-electron chi connectivity index (χ2n) is 3.80. The Balaban J connectivity index is 2.70. The Morgan fingerprint density at radius 2 is 2.06 bits per heavy atom. The average molecular weight is 226 g/mol. The molecule has 0 saturated carbocycles. The fourth-order valence-corrected chi connectivity index (χ4v) is 1.00. The van der Waals surface area contributed by atoms with Crippen molar-refractivity contribution in [1.82, 2.24) is 10.5 Å². The van der Waals surface area contributed by atoms with Crippen LogP contribution in [0.4, 0.5) is 0 Å². The van der Waals surface area contributed by atoms with Crippen molar-refractivity contribution in [3.05, 3.63) is 17.5 Å². The normalized spacial score (nSPS) is 12.5. The second kappa shape index (κ2) is 4.78. The molecule has 6 nitrogen and oxygen atoms in total. The van der Waals surface area contributed by atoms with Gasteiger partial charge >= 0.3 is 5.97 Å². The van der Waals surface area contributed by atoms with Gasteiger partial charge in [0, 0.05) is 12.0 Å². The summed E-state index contributed by atoms with van der Waals surface area (Å²) in [6, 6.07) is 0.556. The zero-order chi connectivity index (χ0) is 12.3. The van der Waals surface area contributed by atoms with Gasteiger partial charge in [-0.15, -0.1) is 0 Å². The zero-order valence-corrected chi connectivity index (χ0v) is 9.35. The zero-order valence-electron chi connectivity index (χ0n) is 9.35. The predicted molar refractivity (Wildman–Crippen MR) is 55.2 cm³/mol. The maximum Gasteiger partial charge on any atom is 0.325 e. The van der Waals surface area contributed by atoms with Crippen molar-refractivity contribution >= 4 is 11.9 Å². The summed E-state index contributed by atoms with van der Waals surface area (Å²) in [6.45, 7) is 5.19. The topological polar surface area (TPSA) is 92.4 Å².